The molecule has 2 aliphatic rings. The number of hydrogen-bond donors (Lipinski definition) is 0. The molecule has 1 fully saturated rings. The van der Waals surface area contributed by atoms with Crippen LogP contribution in [-0.2, 0) is 16.1 Å². The van der Waals surface area contributed by atoms with E-state index in [-0.39, 0.29) is 24.5 Å². The number of carbonyl (C=O) groups is 1. The van der Waals surface area contributed by atoms with Gasteiger partial charge < -0.3 is 23.5 Å². The molecular weight excluding hydrogens is 322 g/mol. The first kappa shape index (κ1) is 16.0. The van der Waals surface area contributed by atoms with Crippen molar-refractivity contribution < 1.29 is 23.4 Å². The van der Waals surface area contributed by atoms with Crippen LogP contribution in [0.2, 0.25) is 0 Å². The maximum Gasteiger partial charge on any atom is 0.231 e. The Kier molecular flexibility index (Phi) is 4.36. The minimum absolute atomic E-state index is 0.00276. The Morgan fingerprint density at radius 3 is 2.96 bits per heavy atom. The van der Waals surface area contributed by atoms with Crippen LogP contribution in [0.3, 0.4) is 0 Å². The number of nitrogens with zero attached hydrogens (tertiary/aromatic N) is 1. The van der Waals surface area contributed by atoms with Gasteiger partial charge >= 0.3 is 0 Å². The molecule has 132 valence electrons. The van der Waals surface area contributed by atoms with Gasteiger partial charge in [0.15, 0.2) is 11.5 Å². The third kappa shape index (κ3) is 3.35. The Morgan fingerprint density at radius 1 is 1.28 bits per heavy atom. The minimum Gasteiger partial charge on any atom is -0.469 e. The maximum atomic E-state index is 12.9. The van der Waals surface area contributed by atoms with Gasteiger partial charge in [0.25, 0.3) is 0 Å². The summed E-state index contributed by atoms with van der Waals surface area (Å²) in [7, 11) is 1.64. The van der Waals surface area contributed by atoms with Crippen molar-refractivity contribution in [2.24, 2.45) is 5.92 Å². The van der Waals surface area contributed by atoms with E-state index in [4.69, 9.17) is 18.6 Å². The summed E-state index contributed by atoms with van der Waals surface area (Å²) in [6.07, 6.45) is 2.50. The predicted molar refractivity (Wildman–Crippen MR) is 89.4 cm³/mol. The van der Waals surface area contributed by atoms with Gasteiger partial charge in [0, 0.05) is 32.0 Å². The second-order valence-electron chi connectivity index (χ2n) is 6.40. The van der Waals surface area contributed by atoms with Crippen LogP contribution in [0.25, 0.3) is 0 Å². The van der Waals surface area contributed by atoms with E-state index in [2.05, 4.69) is 0 Å². The van der Waals surface area contributed by atoms with E-state index in [1.807, 2.05) is 35.2 Å². The lowest BCUT2D eigenvalue weighted by molar-refractivity contribution is -0.134. The number of benzene rings is 1. The van der Waals surface area contributed by atoms with Gasteiger partial charge in [-0.15, -0.1) is 0 Å². The number of ether oxygens (including phenoxy) is 3. The average Bonchev–Trinajstić information content (AvgIpc) is 3.03. The van der Waals surface area contributed by atoms with Crippen LogP contribution in [0.5, 0.6) is 11.5 Å². The number of furan rings is 1. The Morgan fingerprint density at radius 2 is 2.16 bits per heavy atom. The molecule has 25 heavy (non-hydrogen) atoms. The number of fused-ring (bicyclic) bond motifs is 1. The molecule has 0 N–H and O–H groups in total. The zero-order chi connectivity index (χ0) is 17.2. The Bertz CT molecular complexity index is 742. The van der Waals surface area contributed by atoms with Crippen molar-refractivity contribution >= 4 is 5.91 Å². The van der Waals surface area contributed by atoms with E-state index in [0.29, 0.717) is 19.7 Å². The zero-order valence-corrected chi connectivity index (χ0v) is 14.1. The average molecular weight is 343 g/mol. The molecule has 1 aliphatic heterocycles. The molecule has 6 nitrogen and oxygen atoms in total. The second kappa shape index (κ2) is 6.80. The lowest BCUT2D eigenvalue weighted by Gasteiger charge is -2.23. The van der Waals surface area contributed by atoms with Gasteiger partial charge in [-0.05, 0) is 36.2 Å². The molecule has 2 atom stereocenters. The van der Waals surface area contributed by atoms with Crippen molar-refractivity contribution in [3.63, 3.8) is 0 Å². The maximum absolute atomic E-state index is 12.9. The van der Waals surface area contributed by atoms with Crippen LogP contribution in [0.4, 0.5) is 0 Å². The highest BCUT2D eigenvalue weighted by atomic mass is 16.7. The fraction of sp³-hybridized carbons (Fsp3) is 0.421. The molecule has 2 heterocycles. The van der Waals surface area contributed by atoms with Gasteiger partial charge in [-0.25, -0.2) is 0 Å². The highest BCUT2D eigenvalue weighted by Gasteiger charge is 2.47. The topological polar surface area (TPSA) is 61.1 Å². The molecule has 1 aliphatic carbocycles. The van der Waals surface area contributed by atoms with E-state index < -0.39 is 0 Å². The summed E-state index contributed by atoms with van der Waals surface area (Å²) in [4.78, 5) is 14.8. The smallest absolute Gasteiger partial charge is 0.231 e. The molecular formula is C19H21NO5. The number of rotatable bonds is 7. The number of carbonyl (C=O) groups excluding carboxylic acids is 1. The molecule has 2 aromatic rings. The highest BCUT2D eigenvalue weighted by molar-refractivity contribution is 5.82. The molecule has 1 amide bonds. The summed E-state index contributed by atoms with van der Waals surface area (Å²) in [5, 5.41) is 0. The van der Waals surface area contributed by atoms with Crippen molar-refractivity contribution in [2.75, 3.05) is 27.1 Å². The number of amides is 1. The van der Waals surface area contributed by atoms with E-state index in [0.717, 1.165) is 29.2 Å². The Labute approximate surface area is 146 Å². The molecule has 0 unspecified atom stereocenters. The second-order valence-corrected chi connectivity index (χ2v) is 6.40. The van der Waals surface area contributed by atoms with Gasteiger partial charge in [-0.3, -0.25) is 4.79 Å². The summed E-state index contributed by atoms with van der Waals surface area (Å²) in [5.41, 5.74) is 1.02. The predicted octanol–water partition coefficient (Wildman–Crippen LogP) is 2.79. The van der Waals surface area contributed by atoms with Crippen molar-refractivity contribution in [3.05, 3.63) is 47.9 Å². The Balaban J connectivity index is 1.45. The summed E-state index contributed by atoms with van der Waals surface area (Å²) in [6.45, 7) is 1.85. The van der Waals surface area contributed by atoms with Gasteiger partial charge in [-0.2, -0.15) is 0 Å². The largest absolute Gasteiger partial charge is 0.469 e. The van der Waals surface area contributed by atoms with Crippen molar-refractivity contribution in [3.8, 4) is 11.5 Å². The number of hydrogen-bond acceptors (Lipinski definition) is 5. The zero-order valence-electron chi connectivity index (χ0n) is 14.1. The third-order valence-corrected chi connectivity index (χ3v) is 4.70. The lowest BCUT2D eigenvalue weighted by atomic mass is 10.1. The molecule has 6 heteroatoms. The lowest BCUT2D eigenvalue weighted by Crippen LogP contribution is -2.34. The van der Waals surface area contributed by atoms with Crippen molar-refractivity contribution in [2.45, 2.75) is 18.9 Å². The summed E-state index contributed by atoms with van der Waals surface area (Å²) < 4.78 is 21.4. The SMILES string of the molecule is COCCN(Cc1ccc2c(c1)OCO2)C(=O)[C@@H]1C[C@H]1c1ccco1. The van der Waals surface area contributed by atoms with Crippen LogP contribution >= 0.6 is 0 Å². The molecule has 0 spiro atoms. The Hall–Kier alpha value is -2.47. The normalized spacial score (nSPS) is 20.5. The first-order valence-corrected chi connectivity index (χ1v) is 8.46. The summed E-state index contributed by atoms with van der Waals surface area (Å²) in [6, 6.07) is 9.60. The molecule has 4 rings (SSSR count). The quantitative estimate of drug-likeness (QED) is 0.774. The molecule has 1 saturated carbocycles. The third-order valence-electron chi connectivity index (χ3n) is 4.70. The highest BCUT2D eigenvalue weighted by Crippen LogP contribution is 2.48. The fourth-order valence-electron chi connectivity index (χ4n) is 3.25. The standard InChI is InChI=1S/C19H21NO5/c1-22-8-6-20(11-13-4-5-17-18(9-13)25-12-24-17)19(21)15-10-14(15)16-3-2-7-23-16/h2-5,7,9,14-15H,6,8,10-12H2,1H3/t14-,15-/m1/s1. The van der Waals surface area contributed by atoms with Crippen LogP contribution in [-0.4, -0.2) is 37.9 Å². The summed E-state index contributed by atoms with van der Waals surface area (Å²) in [5.74, 6) is 2.72. The van der Waals surface area contributed by atoms with Crippen LogP contribution in [0, 0.1) is 5.92 Å². The van der Waals surface area contributed by atoms with Gasteiger partial charge in [0.05, 0.1) is 12.9 Å². The van der Waals surface area contributed by atoms with Gasteiger partial charge in [0.2, 0.25) is 12.7 Å². The molecule has 0 saturated heterocycles. The van der Waals surface area contributed by atoms with Crippen molar-refractivity contribution in [1.82, 2.24) is 4.90 Å². The molecule has 1 aromatic carbocycles. The van der Waals surface area contributed by atoms with Crippen LogP contribution < -0.4 is 9.47 Å². The van der Waals surface area contributed by atoms with Gasteiger partial charge in [0.1, 0.15) is 5.76 Å². The molecule has 0 radical (unpaired) electrons. The van der Waals surface area contributed by atoms with Gasteiger partial charge in [-0.1, -0.05) is 6.07 Å². The van der Waals surface area contributed by atoms with Crippen molar-refractivity contribution in [1.29, 1.82) is 0 Å². The minimum atomic E-state index is -0.00276. The van der Waals surface area contributed by atoms with E-state index >= 15 is 0 Å². The van der Waals surface area contributed by atoms with E-state index in [9.17, 15) is 4.79 Å². The first-order chi connectivity index (χ1) is 12.3. The fourth-order valence-corrected chi connectivity index (χ4v) is 3.25. The molecule has 0 bridgehead atoms. The molecule has 1 aromatic heterocycles. The van der Waals surface area contributed by atoms with Crippen LogP contribution in [0.15, 0.2) is 41.0 Å². The first-order valence-electron chi connectivity index (χ1n) is 8.46. The van der Waals surface area contributed by atoms with Crippen LogP contribution in [0.1, 0.15) is 23.7 Å². The number of methoxy groups -OCH3 is 1. The monoisotopic (exact) mass is 343 g/mol. The van der Waals surface area contributed by atoms with E-state index in [1.54, 1.807) is 13.4 Å². The summed E-state index contributed by atoms with van der Waals surface area (Å²) >= 11 is 0. The van der Waals surface area contributed by atoms with E-state index in [1.165, 1.54) is 0 Å².